The van der Waals surface area contributed by atoms with Crippen molar-refractivity contribution in [2.24, 2.45) is 0 Å². The van der Waals surface area contributed by atoms with E-state index in [4.69, 9.17) is 18.9 Å². The Labute approximate surface area is 170 Å². The van der Waals surface area contributed by atoms with E-state index in [1.807, 2.05) is 18.2 Å². The number of aromatic nitrogens is 3. The number of hydrogen-bond acceptors (Lipinski definition) is 8. The SMILES string of the molecule is Cc1nnc(-c2ccc(-c3ccc(N4C[C@H](COP(=O)(O)O)OC4=O)cc3)cn2)o1. The summed E-state index contributed by atoms with van der Waals surface area (Å²) in [6, 6.07) is 10.8. The predicted octanol–water partition coefficient (Wildman–Crippen LogP) is 2.54. The molecule has 1 aliphatic heterocycles. The summed E-state index contributed by atoms with van der Waals surface area (Å²) in [5, 5.41) is 7.71. The number of hydrogen-bond donors (Lipinski definition) is 2. The molecule has 1 aliphatic rings. The molecule has 12 heteroatoms. The minimum atomic E-state index is -4.62. The second-order valence-electron chi connectivity index (χ2n) is 6.51. The molecule has 0 bridgehead atoms. The van der Waals surface area contributed by atoms with Gasteiger partial charge in [-0.05, 0) is 23.8 Å². The van der Waals surface area contributed by atoms with Crippen LogP contribution in [-0.4, -0.2) is 50.3 Å². The number of carbonyl (C=O) groups is 1. The van der Waals surface area contributed by atoms with Crippen molar-refractivity contribution < 1.29 is 32.8 Å². The summed E-state index contributed by atoms with van der Waals surface area (Å²) in [7, 11) is -4.62. The molecule has 0 spiro atoms. The molecule has 3 heterocycles. The number of rotatable bonds is 6. The Balaban J connectivity index is 1.44. The van der Waals surface area contributed by atoms with Crippen LogP contribution in [0.5, 0.6) is 0 Å². The molecule has 0 radical (unpaired) electrons. The monoisotopic (exact) mass is 432 g/mol. The van der Waals surface area contributed by atoms with Gasteiger partial charge in [-0.25, -0.2) is 9.36 Å². The lowest BCUT2D eigenvalue weighted by molar-refractivity contribution is 0.0880. The van der Waals surface area contributed by atoms with E-state index in [0.29, 0.717) is 23.2 Å². The molecule has 156 valence electrons. The first-order valence-corrected chi connectivity index (χ1v) is 10.4. The van der Waals surface area contributed by atoms with Crippen molar-refractivity contribution in [1.29, 1.82) is 0 Å². The molecule has 1 aromatic carbocycles. The van der Waals surface area contributed by atoms with Gasteiger partial charge in [0.25, 0.3) is 5.89 Å². The molecule has 1 saturated heterocycles. The molecule has 2 N–H and O–H groups in total. The predicted molar refractivity (Wildman–Crippen MR) is 103 cm³/mol. The Morgan fingerprint density at radius 1 is 1.17 bits per heavy atom. The molecule has 1 fully saturated rings. The zero-order chi connectivity index (χ0) is 21.3. The molecule has 0 saturated carbocycles. The zero-order valence-electron chi connectivity index (χ0n) is 15.7. The standard InChI is InChI=1S/C18H17N4O7P/c1-11-20-21-17(28-11)16-7-4-13(8-19-16)12-2-5-14(6-3-12)22-9-15(29-18(22)23)10-27-30(24,25)26/h2-8,15H,9-10H2,1H3,(H2,24,25,26)/t15-/m1/s1. The van der Waals surface area contributed by atoms with Crippen LogP contribution in [0.2, 0.25) is 0 Å². The lowest BCUT2D eigenvalue weighted by atomic mass is 10.1. The largest absolute Gasteiger partial charge is 0.469 e. The Bertz CT molecular complexity index is 1090. The highest BCUT2D eigenvalue weighted by atomic mass is 31.2. The quantitative estimate of drug-likeness (QED) is 0.557. The van der Waals surface area contributed by atoms with Crippen LogP contribution in [0.3, 0.4) is 0 Å². The van der Waals surface area contributed by atoms with Gasteiger partial charge in [0.05, 0.1) is 13.2 Å². The highest BCUT2D eigenvalue weighted by molar-refractivity contribution is 7.46. The van der Waals surface area contributed by atoms with Crippen molar-refractivity contribution in [3.05, 3.63) is 48.5 Å². The van der Waals surface area contributed by atoms with Crippen LogP contribution in [0.25, 0.3) is 22.7 Å². The molecule has 1 atom stereocenters. The summed E-state index contributed by atoms with van der Waals surface area (Å²) in [5.41, 5.74) is 2.90. The molecule has 0 aliphatic carbocycles. The Morgan fingerprint density at radius 2 is 1.90 bits per heavy atom. The summed E-state index contributed by atoms with van der Waals surface area (Å²) < 4.78 is 25.6. The Morgan fingerprint density at radius 3 is 2.50 bits per heavy atom. The maximum Gasteiger partial charge on any atom is 0.469 e. The fourth-order valence-electron chi connectivity index (χ4n) is 2.92. The molecule has 2 aromatic heterocycles. The number of nitrogens with zero attached hydrogens (tertiary/aromatic N) is 4. The molecule has 4 rings (SSSR count). The third-order valence-electron chi connectivity index (χ3n) is 4.32. The number of phosphoric ester groups is 1. The number of pyridine rings is 1. The lowest BCUT2D eigenvalue weighted by Crippen LogP contribution is -2.25. The number of aryl methyl sites for hydroxylation is 1. The summed E-state index contributed by atoms with van der Waals surface area (Å²) in [4.78, 5) is 35.3. The fraction of sp³-hybridized carbons (Fsp3) is 0.222. The van der Waals surface area contributed by atoms with Crippen molar-refractivity contribution in [2.45, 2.75) is 13.0 Å². The van der Waals surface area contributed by atoms with Gasteiger partial charge in [-0.15, -0.1) is 10.2 Å². The number of benzene rings is 1. The van der Waals surface area contributed by atoms with Gasteiger partial charge < -0.3 is 18.9 Å². The maximum atomic E-state index is 12.1. The molecular weight excluding hydrogens is 415 g/mol. The van der Waals surface area contributed by atoms with Crippen LogP contribution >= 0.6 is 7.82 Å². The highest BCUT2D eigenvalue weighted by Crippen LogP contribution is 2.36. The van der Waals surface area contributed by atoms with Gasteiger partial charge in [-0.2, -0.15) is 0 Å². The second-order valence-corrected chi connectivity index (χ2v) is 7.75. The number of cyclic esters (lactones) is 1. The van der Waals surface area contributed by atoms with Crippen LogP contribution in [-0.2, 0) is 13.8 Å². The van der Waals surface area contributed by atoms with Crippen molar-refractivity contribution in [3.63, 3.8) is 0 Å². The summed E-state index contributed by atoms with van der Waals surface area (Å²) >= 11 is 0. The van der Waals surface area contributed by atoms with E-state index in [1.165, 1.54) is 4.90 Å². The number of ether oxygens (including phenoxy) is 1. The van der Waals surface area contributed by atoms with E-state index in [0.717, 1.165) is 11.1 Å². The van der Waals surface area contributed by atoms with E-state index >= 15 is 0 Å². The van der Waals surface area contributed by atoms with Gasteiger partial charge in [0.15, 0.2) is 0 Å². The van der Waals surface area contributed by atoms with Crippen LogP contribution < -0.4 is 4.90 Å². The van der Waals surface area contributed by atoms with Crippen molar-refractivity contribution in [2.75, 3.05) is 18.1 Å². The Kier molecular flexibility index (Phi) is 5.35. The smallest absolute Gasteiger partial charge is 0.441 e. The second kappa shape index (κ2) is 7.96. The zero-order valence-corrected chi connectivity index (χ0v) is 16.6. The first-order valence-electron chi connectivity index (χ1n) is 8.84. The molecule has 3 aromatic rings. The van der Waals surface area contributed by atoms with Crippen LogP contribution in [0, 0.1) is 6.92 Å². The summed E-state index contributed by atoms with van der Waals surface area (Å²) in [5.74, 6) is 0.807. The van der Waals surface area contributed by atoms with E-state index in [9.17, 15) is 9.36 Å². The van der Waals surface area contributed by atoms with E-state index < -0.39 is 20.0 Å². The van der Waals surface area contributed by atoms with Crippen molar-refractivity contribution >= 4 is 19.6 Å². The van der Waals surface area contributed by atoms with Gasteiger partial charge in [0.1, 0.15) is 11.8 Å². The molecule has 30 heavy (non-hydrogen) atoms. The highest BCUT2D eigenvalue weighted by Gasteiger charge is 2.34. The molecule has 11 nitrogen and oxygen atoms in total. The number of anilines is 1. The molecule has 1 amide bonds. The van der Waals surface area contributed by atoms with Crippen LogP contribution in [0.1, 0.15) is 5.89 Å². The minimum absolute atomic E-state index is 0.123. The third-order valence-corrected chi connectivity index (χ3v) is 4.81. The van der Waals surface area contributed by atoms with Crippen LogP contribution in [0.4, 0.5) is 10.5 Å². The normalized spacial score (nSPS) is 16.7. The van der Waals surface area contributed by atoms with Crippen molar-refractivity contribution in [3.8, 4) is 22.7 Å². The Hall–Kier alpha value is -3.11. The van der Waals surface area contributed by atoms with Gasteiger partial charge in [-0.1, -0.05) is 18.2 Å². The van der Waals surface area contributed by atoms with Gasteiger partial charge in [0.2, 0.25) is 5.89 Å². The maximum absolute atomic E-state index is 12.1. The third kappa shape index (κ3) is 4.55. The summed E-state index contributed by atoms with van der Waals surface area (Å²) in [6.07, 6.45) is 0.307. The van der Waals surface area contributed by atoms with Gasteiger partial charge in [-0.3, -0.25) is 14.4 Å². The number of carbonyl (C=O) groups excluding carboxylic acids is 1. The average molecular weight is 432 g/mol. The van der Waals surface area contributed by atoms with Crippen LogP contribution in [0.15, 0.2) is 47.0 Å². The molecule has 0 unspecified atom stereocenters. The fourth-order valence-corrected chi connectivity index (χ4v) is 3.28. The van der Waals surface area contributed by atoms with E-state index in [1.54, 1.807) is 31.3 Å². The average Bonchev–Trinajstić information content (AvgIpc) is 3.32. The summed E-state index contributed by atoms with van der Waals surface area (Å²) in [6.45, 7) is 1.44. The number of amides is 1. The lowest BCUT2D eigenvalue weighted by Gasteiger charge is -2.14. The molecular formula is C18H17N4O7P. The first kappa shape index (κ1) is 20.2. The van der Waals surface area contributed by atoms with Crippen molar-refractivity contribution in [1.82, 2.24) is 15.2 Å². The topological polar surface area (TPSA) is 148 Å². The van der Waals surface area contributed by atoms with Gasteiger partial charge >= 0.3 is 13.9 Å². The van der Waals surface area contributed by atoms with Gasteiger partial charge in [0, 0.05) is 24.4 Å². The van der Waals surface area contributed by atoms with E-state index in [-0.39, 0.29) is 13.2 Å². The minimum Gasteiger partial charge on any atom is -0.441 e. The van der Waals surface area contributed by atoms with E-state index in [2.05, 4.69) is 19.7 Å². The first-order chi connectivity index (χ1) is 14.3. The number of phosphoric acid groups is 1.